The number of hydrogen-bond acceptors (Lipinski definition) is 1. The quantitative estimate of drug-likeness (QED) is 0.479. The Morgan fingerprint density at radius 1 is 1.00 bits per heavy atom. The standard InChI is InChI=1S/C6H7N/c7-6-4-2-1-3-5-6/h1-5H,7H2/i6-1. The van der Waals surface area contributed by atoms with Crippen molar-refractivity contribution in [2.45, 2.75) is 0 Å². The first-order valence-corrected chi connectivity index (χ1v) is 2.20. The second-order valence-electron chi connectivity index (χ2n) is 1.41. The van der Waals surface area contributed by atoms with Crippen LogP contribution in [0.5, 0.6) is 0 Å². The Morgan fingerprint density at radius 2 is 1.57 bits per heavy atom. The number of para-hydroxylation sites is 1. The van der Waals surface area contributed by atoms with Crippen molar-refractivity contribution in [3.63, 3.8) is 0 Å². The summed E-state index contributed by atoms with van der Waals surface area (Å²) in [5.74, 6) is 0. The summed E-state index contributed by atoms with van der Waals surface area (Å²) in [5.41, 5.74) is 6.18. The number of nitrogen functional groups attached to an aromatic ring is 1. The Morgan fingerprint density at radius 3 is 1.86 bits per heavy atom. The van der Waals surface area contributed by atoms with Gasteiger partial charge in [0.05, 0.1) is 0 Å². The first-order chi connectivity index (χ1) is 3.39. The highest BCUT2D eigenvalue weighted by molar-refractivity contribution is 5.35. The summed E-state index contributed by atoms with van der Waals surface area (Å²) in [5, 5.41) is 0. The average Bonchev–Trinajstić information content (AvgIpc) is 1.69. The molecule has 0 unspecified atom stereocenters. The minimum Gasteiger partial charge on any atom is -0.399 e. The lowest BCUT2D eigenvalue weighted by Gasteiger charge is -1.83. The van der Waals surface area contributed by atoms with Gasteiger partial charge in [0.25, 0.3) is 0 Å². The minimum atomic E-state index is 0.822. The van der Waals surface area contributed by atoms with Crippen molar-refractivity contribution < 1.29 is 0 Å². The van der Waals surface area contributed by atoms with Crippen molar-refractivity contribution in [3.8, 4) is 0 Å². The van der Waals surface area contributed by atoms with Gasteiger partial charge in [-0.25, -0.2) is 0 Å². The fourth-order valence-corrected chi connectivity index (χ4v) is 0.453. The maximum absolute atomic E-state index is 5.36. The molecule has 0 atom stereocenters. The monoisotopic (exact) mass is 92.1 g/mol. The van der Waals surface area contributed by atoms with Gasteiger partial charge in [-0.2, -0.15) is 0 Å². The molecule has 36 valence electrons. The van der Waals surface area contributed by atoms with E-state index < -0.39 is 0 Å². The highest BCUT2D eigenvalue weighted by atomic mass is 14.4. The zero-order valence-corrected chi connectivity index (χ0v) is 3.96. The van der Waals surface area contributed by atoms with Gasteiger partial charge in [0.15, 0.2) is 0 Å². The van der Waals surface area contributed by atoms with Crippen molar-refractivity contribution in [2.75, 3.05) is 5.73 Å². The Kier molecular flexibility index (Phi) is 0.984. The normalized spacial score (nSPS) is 8.57. The Bertz CT molecular complexity index is 134. The third-order valence-electron chi connectivity index (χ3n) is 0.800. The molecular formula is C6H7N. The molecule has 0 aliphatic rings. The fourth-order valence-electron chi connectivity index (χ4n) is 0.453. The van der Waals surface area contributed by atoms with E-state index in [2.05, 4.69) is 0 Å². The van der Waals surface area contributed by atoms with E-state index in [-0.39, 0.29) is 0 Å². The van der Waals surface area contributed by atoms with E-state index in [4.69, 9.17) is 5.73 Å². The molecule has 0 radical (unpaired) electrons. The average molecular weight is 92.1 g/mol. The van der Waals surface area contributed by atoms with Crippen LogP contribution in [-0.4, -0.2) is 0 Å². The summed E-state index contributed by atoms with van der Waals surface area (Å²) < 4.78 is 0. The van der Waals surface area contributed by atoms with Gasteiger partial charge in [-0.05, 0) is 12.1 Å². The second kappa shape index (κ2) is 1.65. The van der Waals surface area contributed by atoms with Crippen molar-refractivity contribution in [2.24, 2.45) is 0 Å². The third-order valence-corrected chi connectivity index (χ3v) is 0.800. The second-order valence-corrected chi connectivity index (χ2v) is 1.41. The van der Waals surface area contributed by atoms with E-state index in [0.29, 0.717) is 0 Å². The highest BCUT2D eigenvalue weighted by Gasteiger charge is 1.72. The van der Waals surface area contributed by atoms with Crippen molar-refractivity contribution in [3.05, 3.63) is 30.3 Å². The molecule has 0 heterocycles. The lowest BCUT2D eigenvalue weighted by atomic mass is 9.94. The van der Waals surface area contributed by atoms with Crippen LogP contribution in [0, 0.1) is 0 Å². The van der Waals surface area contributed by atoms with Crippen LogP contribution < -0.4 is 5.73 Å². The van der Waals surface area contributed by atoms with Gasteiger partial charge in [0, 0.05) is 5.69 Å². The molecule has 0 saturated heterocycles. The van der Waals surface area contributed by atoms with Crippen LogP contribution >= 0.6 is 0 Å². The third kappa shape index (κ3) is 0.929. The predicted octanol–water partition coefficient (Wildman–Crippen LogP) is 1.27. The minimum absolute atomic E-state index is 0.822. The summed E-state index contributed by atoms with van der Waals surface area (Å²) >= 11 is 0. The topological polar surface area (TPSA) is 26.0 Å². The molecule has 0 spiro atoms. The largest absolute Gasteiger partial charge is 0.399 e. The maximum Gasteiger partial charge on any atom is 0.0313 e. The van der Waals surface area contributed by atoms with Crippen LogP contribution in [0.4, 0.5) is 5.69 Å². The first kappa shape index (κ1) is 4.19. The van der Waals surface area contributed by atoms with Crippen molar-refractivity contribution >= 4 is 5.69 Å². The first-order valence-electron chi connectivity index (χ1n) is 2.20. The molecule has 7 heavy (non-hydrogen) atoms. The van der Waals surface area contributed by atoms with Crippen LogP contribution in [0.15, 0.2) is 30.3 Å². The summed E-state index contributed by atoms with van der Waals surface area (Å²) in [7, 11) is 0. The van der Waals surface area contributed by atoms with Gasteiger partial charge in [-0.3, -0.25) is 0 Å². The van der Waals surface area contributed by atoms with Gasteiger partial charge in [-0.15, -0.1) is 0 Å². The van der Waals surface area contributed by atoms with E-state index in [0.717, 1.165) is 5.69 Å². The molecule has 1 rings (SSSR count). The summed E-state index contributed by atoms with van der Waals surface area (Å²) in [6.45, 7) is 0. The van der Waals surface area contributed by atoms with Crippen LogP contribution in [0.2, 0.25) is 0 Å². The van der Waals surface area contributed by atoms with Gasteiger partial charge >= 0.3 is 0 Å². The zero-order chi connectivity index (χ0) is 5.11. The lowest BCUT2D eigenvalue weighted by molar-refractivity contribution is 1.69. The van der Waals surface area contributed by atoms with Crippen molar-refractivity contribution in [1.82, 2.24) is 0 Å². The number of anilines is 1. The summed E-state index contributed by atoms with van der Waals surface area (Å²) in [4.78, 5) is 0. The van der Waals surface area contributed by atoms with Crippen LogP contribution in [-0.2, 0) is 0 Å². The van der Waals surface area contributed by atoms with Crippen LogP contribution in [0.1, 0.15) is 0 Å². The fraction of sp³-hybridized carbons (Fsp3) is 0. The van der Waals surface area contributed by atoms with Gasteiger partial charge in [-0.1, -0.05) is 18.2 Å². The number of benzene rings is 1. The number of nitrogens with two attached hydrogens (primary N) is 1. The molecule has 1 nitrogen and oxygen atoms in total. The van der Waals surface area contributed by atoms with Gasteiger partial charge in [0.2, 0.25) is 0 Å². The molecule has 0 amide bonds. The molecular weight excluding hydrogens is 85.1 g/mol. The van der Waals surface area contributed by atoms with E-state index in [1.165, 1.54) is 0 Å². The molecule has 0 fully saturated rings. The maximum atomic E-state index is 5.36. The highest BCUT2D eigenvalue weighted by Crippen LogP contribution is 1.95. The number of hydrogen-bond donors (Lipinski definition) is 1. The Labute approximate surface area is 42.8 Å². The van der Waals surface area contributed by atoms with E-state index in [1.807, 2.05) is 30.3 Å². The molecule has 0 bridgehead atoms. The van der Waals surface area contributed by atoms with Crippen LogP contribution in [0.25, 0.3) is 0 Å². The molecule has 1 heteroatoms. The molecule has 0 aliphatic heterocycles. The van der Waals surface area contributed by atoms with Gasteiger partial charge < -0.3 is 5.73 Å². The lowest BCUT2D eigenvalue weighted by Crippen LogP contribution is -1.79. The summed E-state index contributed by atoms with van der Waals surface area (Å²) in [6.07, 6.45) is 0. The van der Waals surface area contributed by atoms with E-state index in [9.17, 15) is 0 Å². The zero-order valence-electron chi connectivity index (χ0n) is 3.96. The molecule has 0 aromatic heterocycles. The molecule has 2 N–H and O–H groups in total. The Hall–Kier alpha value is -0.980. The van der Waals surface area contributed by atoms with E-state index >= 15 is 0 Å². The molecule has 0 aliphatic carbocycles. The van der Waals surface area contributed by atoms with Crippen LogP contribution in [0.3, 0.4) is 0 Å². The van der Waals surface area contributed by atoms with Gasteiger partial charge in [0.1, 0.15) is 0 Å². The smallest absolute Gasteiger partial charge is 0.0313 e. The van der Waals surface area contributed by atoms with E-state index in [1.54, 1.807) is 0 Å². The Balaban J connectivity index is 3.02. The number of rotatable bonds is 0. The van der Waals surface area contributed by atoms with Crippen molar-refractivity contribution in [1.29, 1.82) is 0 Å². The molecule has 1 aromatic rings. The summed E-state index contributed by atoms with van der Waals surface area (Å²) in [6, 6.07) is 9.49. The molecule has 0 saturated carbocycles. The predicted molar refractivity (Wildman–Crippen MR) is 30.9 cm³/mol. The SMILES string of the molecule is N[11c]1ccccc1. The molecule has 1 aromatic carbocycles.